The van der Waals surface area contributed by atoms with Gasteiger partial charge >= 0.3 is 5.97 Å². The number of carbonyl (C=O) groups is 1. The molecule has 0 aromatic heterocycles. The zero-order valence-electron chi connectivity index (χ0n) is 10.5. The van der Waals surface area contributed by atoms with Crippen LogP contribution in [0.4, 0.5) is 0 Å². The van der Waals surface area contributed by atoms with Gasteiger partial charge in [0.05, 0.1) is 25.2 Å². The lowest BCUT2D eigenvalue weighted by molar-refractivity contribution is -0.955. The number of esters is 1. The van der Waals surface area contributed by atoms with E-state index in [2.05, 4.69) is 4.90 Å². The molecular weight excluding hydrogens is 228 g/mol. The van der Waals surface area contributed by atoms with Crippen molar-refractivity contribution in [1.29, 1.82) is 0 Å². The first-order valence-electron chi connectivity index (χ1n) is 6.57. The molecule has 0 aliphatic carbocycles. The summed E-state index contributed by atoms with van der Waals surface area (Å²) in [7, 11) is 0. The van der Waals surface area contributed by atoms with Crippen LogP contribution in [0, 0.1) is 0 Å². The van der Waals surface area contributed by atoms with Gasteiger partial charge in [-0.25, -0.2) is 4.79 Å². The van der Waals surface area contributed by atoms with Crippen molar-refractivity contribution in [3.63, 3.8) is 0 Å². The van der Waals surface area contributed by atoms with E-state index >= 15 is 0 Å². The second-order valence-corrected chi connectivity index (χ2v) is 5.28. The highest BCUT2D eigenvalue weighted by Crippen LogP contribution is 2.19. The smallest absolute Gasteiger partial charge is 0.342 e. The Morgan fingerprint density at radius 3 is 2.33 bits per heavy atom. The third-order valence-corrected chi connectivity index (χ3v) is 4.15. The fourth-order valence-electron chi connectivity index (χ4n) is 2.78. The first-order valence-corrected chi connectivity index (χ1v) is 6.57. The number of rotatable bonds is 3. The summed E-state index contributed by atoms with van der Waals surface area (Å²) in [6.45, 7) is 7.29. The number of ether oxygens (including phenoxy) is 1. The molecule has 0 unspecified atom stereocenters. The normalized spacial score (nSPS) is 30.1. The summed E-state index contributed by atoms with van der Waals surface area (Å²) >= 11 is 0. The second kappa shape index (κ2) is 4.71. The number of piperazine rings is 3. The van der Waals surface area contributed by atoms with Crippen LogP contribution in [0.5, 0.6) is 0 Å². The Bertz CT molecular complexity index is 411. The van der Waals surface area contributed by atoms with E-state index in [9.17, 15) is 4.79 Å². The largest absolute Gasteiger partial charge is 0.411 e. The van der Waals surface area contributed by atoms with Crippen LogP contribution in [0.2, 0.25) is 0 Å². The summed E-state index contributed by atoms with van der Waals surface area (Å²) in [6.07, 6.45) is 0. The molecule has 0 radical (unpaired) electrons. The SMILES string of the molecule is O=C(OC[N+]12CCN(CC1)CC2)c1ccccc1. The van der Waals surface area contributed by atoms with Crippen molar-refractivity contribution in [2.45, 2.75) is 0 Å². The van der Waals surface area contributed by atoms with Gasteiger partial charge in [0.1, 0.15) is 0 Å². The molecule has 18 heavy (non-hydrogen) atoms. The Balaban J connectivity index is 1.59. The summed E-state index contributed by atoms with van der Waals surface area (Å²) < 4.78 is 6.45. The number of benzene rings is 1. The van der Waals surface area contributed by atoms with Crippen molar-refractivity contribution >= 4 is 5.97 Å². The van der Waals surface area contributed by atoms with Crippen molar-refractivity contribution in [3.05, 3.63) is 35.9 Å². The highest BCUT2D eigenvalue weighted by Gasteiger charge is 2.39. The average molecular weight is 247 g/mol. The summed E-state index contributed by atoms with van der Waals surface area (Å²) in [5, 5.41) is 0. The van der Waals surface area contributed by atoms with Crippen LogP contribution >= 0.6 is 0 Å². The maximum atomic E-state index is 11.9. The molecule has 1 aromatic carbocycles. The molecule has 4 nitrogen and oxygen atoms in total. The fourth-order valence-corrected chi connectivity index (χ4v) is 2.78. The molecule has 3 aliphatic heterocycles. The predicted molar refractivity (Wildman–Crippen MR) is 68.0 cm³/mol. The molecule has 96 valence electrons. The lowest BCUT2D eigenvalue weighted by Gasteiger charge is -2.49. The van der Waals surface area contributed by atoms with Gasteiger partial charge in [0, 0.05) is 19.6 Å². The van der Waals surface area contributed by atoms with Crippen LogP contribution in [0.3, 0.4) is 0 Å². The summed E-state index contributed by atoms with van der Waals surface area (Å²) in [5.41, 5.74) is 0.645. The van der Waals surface area contributed by atoms with E-state index in [1.807, 2.05) is 18.2 Å². The molecule has 2 bridgehead atoms. The highest BCUT2D eigenvalue weighted by molar-refractivity contribution is 5.89. The monoisotopic (exact) mass is 247 g/mol. The van der Waals surface area contributed by atoms with E-state index in [-0.39, 0.29) is 5.97 Å². The van der Waals surface area contributed by atoms with Gasteiger partial charge < -0.3 is 4.74 Å². The van der Waals surface area contributed by atoms with Crippen molar-refractivity contribution in [3.8, 4) is 0 Å². The molecule has 4 rings (SSSR count). The van der Waals surface area contributed by atoms with Crippen molar-refractivity contribution in [2.75, 3.05) is 46.0 Å². The number of carbonyl (C=O) groups excluding carboxylic acids is 1. The zero-order valence-corrected chi connectivity index (χ0v) is 10.5. The molecule has 0 saturated carbocycles. The minimum absolute atomic E-state index is 0.198. The van der Waals surface area contributed by atoms with E-state index in [1.165, 1.54) is 0 Å². The Hall–Kier alpha value is -1.39. The second-order valence-electron chi connectivity index (χ2n) is 5.28. The molecule has 3 aliphatic rings. The van der Waals surface area contributed by atoms with E-state index in [1.54, 1.807) is 12.1 Å². The van der Waals surface area contributed by atoms with E-state index in [4.69, 9.17) is 4.74 Å². The number of hydrogen-bond acceptors (Lipinski definition) is 3. The molecule has 3 heterocycles. The van der Waals surface area contributed by atoms with Crippen LogP contribution in [0.25, 0.3) is 0 Å². The molecule has 1 aromatic rings. The van der Waals surface area contributed by atoms with Crippen molar-refractivity contribution in [1.82, 2.24) is 4.90 Å². The fraction of sp³-hybridized carbons (Fsp3) is 0.500. The van der Waals surface area contributed by atoms with Gasteiger partial charge in [-0.2, -0.15) is 0 Å². The first kappa shape index (κ1) is 11.7. The number of quaternary nitrogens is 1. The highest BCUT2D eigenvalue weighted by atomic mass is 16.5. The number of hydrogen-bond donors (Lipinski definition) is 0. The first-order chi connectivity index (χ1) is 8.77. The van der Waals surface area contributed by atoms with Gasteiger partial charge in [0.25, 0.3) is 0 Å². The third kappa shape index (κ3) is 2.26. The average Bonchev–Trinajstić information content (AvgIpc) is 2.48. The van der Waals surface area contributed by atoms with Gasteiger partial charge in [0.2, 0.25) is 6.73 Å². The maximum absolute atomic E-state index is 11.9. The molecule has 3 fully saturated rings. The van der Waals surface area contributed by atoms with Crippen LogP contribution < -0.4 is 0 Å². The number of nitrogens with zero attached hydrogens (tertiary/aromatic N) is 2. The maximum Gasteiger partial charge on any atom is 0.342 e. The Morgan fingerprint density at radius 1 is 1.11 bits per heavy atom. The topological polar surface area (TPSA) is 29.5 Å². The molecule has 0 atom stereocenters. The van der Waals surface area contributed by atoms with Crippen LogP contribution in [-0.4, -0.2) is 61.4 Å². The van der Waals surface area contributed by atoms with Crippen LogP contribution in [0.1, 0.15) is 10.4 Å². The molecule has 3 saturated heterocycles. The van der Waals surface area contributed by atoms with E-state index in [0.29, 0.717) is 12.3 Å². The van der Waals surface area contributed by atoms with Gasteiger partial charge in [-0.1, -0.05) is 18.2 Å². The molecular formula is C14H19N2O2+. The van der Waals surface area contributed by atoms with Gasteiger partial charge in [0.15, 0.2) is 0 Å². The van der Waals surface area contributed by atoms with Crippen molar-refractivity contribution < 1.29 is 14.0 Å². The number of fused-ring (bicyclic) bond motifs is 3. The van der Waals surface area contributed by atoms with Gasteiger partial charge in [-0.05, 0) is 12.1 Å². The Kier molecular flexibility index (Phi) is 3.06. The molecule has 0 N–H and O–H groups in total. The molecule has 0 spiro atoms. The lowest BCUT2D eigenvalue weighted by atomic mass is 10.2. The zero-order chi connectivity index (χ0) is 12.4. The lowest BCUT2D eigenvalue weighted by Crippen LogP contribution is -2.67. The van der Waals surface area contributed by atoms with E-state index < -0.39 is 0 Å². The Morgan fingerprint density at radius 2 is 1.72 bits per heavy atom. The quantitative estimate of drug-likeness (QED) is 0.588. The summed E-state index contributed by atoms with van der Waals surface area (Å²) in [6, 6.07) is 9.24. The Labute approximate surface area is 107 Å². The van der Waals surface area contributed by atoms with Crippen molar-refractivity contribution in [2.24, 2.45) is 0 Å². The molecule has 0 amide bonds. The van der Waals surface area contributed by atoms with Gasteiger partial charge in [-0.15, -0.1) is 0 Å². The van der Waals surface area contributed by atoms with Crippen LogP contribution in [-0.2, 0) is 4.74 Å². The summed E-state index contributed by atoms with van der Waals surface area (Å²) in [5.74, 6) is -0.198. The standard InChI is InChI=1S/C14H19N2O2/c17-14(13-4-2-1-3-5-13)18-12-16-9-6-15(7-10-16)8-11-16/h1-5H,6-12H2/q+1. The third-order valence-electron chi connectivity index (χ3n) is 4.15. The molecule has 4 heteroatoms. The minimum atomic E-state index is -0.198. The van der Waals surface area contributed by atoms with Gasteiger partial charge in [-0.3, -0.25) is 9.38 Å². The summed E-state index contributed by atoms with van der Waals surface area (Å²) in [4.78, 5) is 14.4. The van der Waals surface area contributed by atoms with Crippen LogP contribution in [0.15, 0.2) is 30.3 Å². The predicted octanol–water partition coefficient (Wildman–Crippen LogP) is 0.947. The minimum Gasteiger partial charge on any atom is -0.411 e. The van der Waals surface area contributed by atoms with E-state index in [0.717, 1.165) is 43.8 Å².